The molecule has 0 spiro atoms. The lowest BCUT2D eigenvalue weighted by atomic mass is 10.2. The van der Waals surface area contributed by atoms with Crippen molar-refractivity contribution < 1.29 is 13.2 Å². The van der Waals surface area contributed by atoms with Crippen LogP contribution in [0, 0.1) is 0 Å². The summed E-state index contributed by atoms with van der Waals surface area (Å²) in [7, 11) is -3.00. The molecule has 1 aliphatic rings. The molecule has 0 aromatic heterocycles. The second kappa shape index (κ2) is 5.47. The molecule has 1 saturated heterocycles. The van der Waals surface area contributed by atoms with Gasteiger partial charge in [0.1, 0.15) is 0 Å². The number of hydrogen-bond donors (Lipinski definition) is 1. The predicted molar refractivity (Wildman–Crippen MR) is 65.4 cm³/mol. The molecule has 0 aromatic carbocycles. The summed E-state index contributed by atoms with van der Waals surface area (Å²) in [4.78, 5) is 0. The summed E-state index contributed by atoms with van der Waals surface area (Å²) >= 11 is 0. The van der Waals surface area contributed by atoms with Gasteiger partial charge in [-0.25, -0.2) is 8.42 Å². The van der Waals surface area contributed by atoms with Crippen LogP contribution >= 0.6 is 0 Å². The van der Waals surface area contributed by atoms with Crippen molar-refractivity contribution in [3.8, 4) is 0 Å². The van der Waals surface area contributed by atoms with Crippen molar-refractivity contribution in [3.63, 3.8) is 0 Å². The van der Waals surface area contributed by atoms with Crippen molar-refractivity contribution in [2.75, 3.05) is 25.4 Å². The van der Waals surface area contributed by atoms with Crippen molar-refractivity contribution in [2.24, 2.45) is 0 Å². The fraction of sp³-hybridized carbons (Fsp3) is 1.00. The number of hydrogen-bond acceptors (Lipinski definition) is 4. The lowest BCUT2D eigenvalue weighted by molar-refractivity contribution is 0.110. The van der Waals surface area contributed by atoms with Gasteiger partial charge in [0.2, 0.25) is 0 Å². The molecule has 0 radical (unpaired) electrons. The first kappa shape index (κ1) is 13.9. The van der Waals surface area contributed by atoms with Gasteiger partial charge in [0, 0.05) is 19.7 Å². The molecular formula is C11H23NO3S. The van der Waals surface area contributed by atoms with Crippen LogP contribution in [0.4, 0.5) is 0 Å². The zero-order chi connectivity index (χ0) is 12.2. The van der Waals surface area contributed by atoms with Crippen LogP contribution in [0.5, 0.6) is 0 Å². The van der Waals surface area contributed by atoms with Crippen LogP contribution in [-0.2, 0) is 14.6 Å². The van der Waals surface area contributed by atoms with Crippen molar-refractivity contribution in [1.29, 1.82) is 0 Å². The molecule has 0 saturated carbocycles. The molecule has 0 bridgehead atoms. The van der Waals surface area contributed by atoms with E-state index in [1.807, 2.05) is 0 Å². The SMILES string of the molecule is CC(C)(C)S(=O)(=O)CCNCC1CCCO1. The van der Waals surface area contributed by atoms with Crippen LogP contribution in [0.25, 0.3) is 0 Å². The Hall–Kier alpha value is -0.130. The van der Waals surface area contributed by atoms with E-state index in [4.69, 9.17) is 4.74 Å². The summed E-state index contributed by atoms with van der Waals surface area (Å²) in [6.45, 7) is 7.33. The molecule has 0 aliphatic carbocycles. The Morgan fingerprint density at radius 3 is 2.56 bits per heavy atom. The fourth-order valence-corrected chi connectivity index (χ4v) is 2.61. The van der Waals surface area contributed by atoms with E-state index in [-0.39, 0.29) is 11.9 Å². The van der Waals surface area contributed by atoms with Crippen LogP contribution in [0.3, 0.4) is 0 Å². The molecule has 5 heteroatoms. The first-order valence-electron chi connectivity index (χ1n) is 5.87. The predicted octanol–water partition coefficient (Wildman–Crippen LogP) is 0.968. The van der Waals surface area contributed by atoms with E-state index >= 15 is 0 Å². The smallest absolute Gasteiger partial charge is 0.156 e. The number of ether oxygens (including phenoxy) is 1. The summed E-state index contributed by atoms with van der Waals surface area (Å²) in [5.74, 6) is 0.198. The average Bonchev–Trinajstić information content (AvgIpc) is 2.63. The molecule has 4 nitrogen and oxygen atoms in total. The lowest BCUT2D eigenvalue weighted by Gasteiger charge is -2.19. The van der Waals surface area contributed by atoms with Gasteiger partial charge in [-0.3, -0.25) is 0 Å². The standard InChI is InChI=1S/C11H23NO3S/c1-11(2,3)16(13,14)8-6-12-9-10-5-4-7-15-10/h10,12H,4-9H2,1-3H3. The lowest BCUT2D eigenvalue weighted by Crippen LogP contribution is -2.36. The van der Waals surface area contributed by atoms with Crippen LogP contribution < -0.4 is 5.32 Å². The average molecular weight is 249 g/mol. The van der Waals surface area contributed by atoms with Crippen LogP contribution in [0.1, 0.15) is 33.6 Å². The maximum Gasteiger partial charge on any atom is 0.156 e. The van der Waals surface area contributed by atoms with Gasteiger partial charge >= 0.3 is 0 Å². The van der Waals surface area contributed by atoms with E-state index in [0.717, 1.165) is 26.0 Å². The molecule has 1 atom stereocenters. The summed E-state index contributed by atoms with van der Waals surface area (Å²) in [6, 6.07) is 0. The molecule has 1 aliphatic heterocycles. The van der Waals surface area contributed by atoms with E-state index in [9.17, 15) is 8.42 Å². The highest BCUT2D eigenvalue weighted by Gasteiger charge is 2.28. The summed E-state index contributed by atoms with van der Waals surface area (Å²) in [6.07, 6.45) is 2.48. The van der Waals surface area contributed by atoms with Crippen molar-refractivity contribution in [3.05, 3.63) is 0 Å². The Balaban J connectivity index is 2.20. The Morgan fingerprint density at radius 1 is 1.38 bits per heavy atom. The number of sulfone groups is 1. The minimum Gasteiger partial charge on any atom is -0.377 e. The van der Waals surface area contributed by atoms with Gasteiger partial charge in [-0.05, 0) is 33.6 Å². The first-order chi connectivity index (χ1) is 7.33. The van der Waals surface area contributed by atoms with Crippen molar-refractivity contribution in [2.45, 2.75) is 44.5 Å². The van der Waals surface area contributed by atoms with E-state index in [0.29, 0.717) is 6.54 Å². The Labute approximate surface area is 98.7 Å². The maximum absolute atomic E-state index is 11.8. The highest BCUT2D eigenvalue weighted by molar-refractivity contribution is 7.92. The van der Waals surface area contributed by atoms with Gasteiger partial charge in [0.05, 0.1) is 16.6 Å². The zero-order valence-electron chi connectivity index (χ0n) is 10.5. The Bertz CT molecular complexity index is 300. The zero-order valence-corrected chi connectivity index (χ0v) is 11.3. The normalized spacial score (nSPS) is 22.6. The quantitative estimate of drug-likeness (QED) is 0.738. The van der Waals surface area contributed by atoms with E-state index in [1.165, 1.54) is 0 Å². The summed E-state index contributed by atoms with van der Waals surface area (Å²) < 4.78 is 28.3. The van der Waals surface area contributed by atoms with Gasteiger partial charge in [0.15, 0.2) is 9.84 Å². The van der Waals surface area contributed by atoms with Crippen LogP contribution in [-0.4, -0.2) is 44.7 Å². The second-order valence-corrected chi connectivity index (χ2v) is 8.13. The third-order valence-corrected chi connectivity index (χ3v) is 5.48. The highest BCUT2D eigenvalue weighted by Crippen LogP contribution is 2.15. The van der Waals surface area contributed by atoms with Gasteiger partial charge in [-0.1, -0.05) is 0 Å². The van der Waals surface area contributed by atoms with Crippen LogP contribution in [0.15, 0.2) is 0 Å². The van der Waals surface area contributed by atoms with Crippen LogP contribution in [0.2, 0.25) is 0 Å². The Kier molecular flexibility index (Phi) is 4.76. The Morgan fingerprint density at radius 2 is 2.06 bits per heavy atom. The molecule has 16 heavy (non-hydrogen) atoms. The maximum atomic E-state index is 11.8. The van der Waals surface area contributed by atoms with Gasteiger partial charge in [-0.2, -0.15) is 0 Å². The third kappa shape index (κ3) is 4.03. The van der Waals surface area contributed by atoms with E-state index in [2.05, 4.69) is 5.32 Å². The largest absolute Gasteiger partial charge is 0.377 e. The molecule has 96 valence electrons. The second-order valence-electron chi connectivity index (χ2n) is 5.27. The minimum absolute atomic E-state index is 0.198. The third-order valence-electron chi connectivity index (χ3n) is 2.88. The molecule has 0 amide bonds. The monoisotopic (exact) mass is 249 g/mol. The highest BCUT2D eigenvalue weighted by atomic mass is 32.2. The van der Waals surface area contributed by atoms with E-state index < -0.39 is 14.6 Å². The number of rotatable bonds is 5. The molecule has 1 fully saturated rings. The molecule has 1 rings (SSSR count). The molecule has 1 unspecified atom stereocenters. The summed E-state index contributed by atoms with van der Waals surface area (Å²) in [5.41, 5.74) is 0. The molecule has 0 aromatic rings. The van der Waals surface area contributed by atoms with Crippen molar-refractivity contribution in [1.82, 2.24) is 5.32 Å². The molecular weight excluding hydrogens is 226 g/mol. The fourth-order valence-electron chi connectivity index (χ4n) is 1.58. The van der Waals surface area contributed by atoms with E-state index in [1.54, 1.807) is 20.8 Å². The van der Waals surface area contributed by atoms with Crippen molar-refractivity contribution >= 4 is 9.84 Å². The summed E-state index contributed by atoms with van der Waals surface area (Å²) in [5, 5.41) is 3.15. The first-order valence-corrected chi connectivity index (χ1v) is 7.53. The van der Waals surface area contributed by atoms with Gasteiger partial charge in [0.25, 0.3) is 0 Å². The van der Waals surface area contributed by atoms with Gasteiger partial charge < -0.3 is 10.1 Å². The topological polar surface area (TPSA) is 55.4 Å². The molecule has 1 N–H and O–H groups in total. The number of nitrogens with one attached hydrogen (secondary N) is 1. The molecule has 1 heterocycles. The minimum atomic E-state index is -3.00. The van der Waals surface area contributed by atoms with Gasteiger partial charge in [-0.15, -0.1) is 0 Å².